The summed E-state index contributed by atoms with van der Waals surface area (Å²) in [5.74, 6) is 1.80. The maximum Gasteiger partial charge on any atom is 0.149 e. The van der Waals surface area contributed by atoms with Gasteiger partial charge in [0, 0.05) is 26.7 Å². The van der Waals surface area contributed by atoms with Gasteiger partial charge in [0.2, 0.25) is 0 Å². The van der Waals surface area contributed by atoms with Crippen molar-refractivity contribution in [3.63, 3.8) is 0 Å². The van der Waals surface area contributed by atoms with Crippen LogP contribution in [0.4, 0.5) is 11.6 Å². The van der Waals surface area contributed by atoms with E-state index in [0.717, 1.165) is 31.7 Å². The summed E-state index contributed by atoms with van der Waals surface area (Å²) in [6, 6.07) is 1.72. The van der Waals surface area contributed by atoms with E-state index in [1.165, 1.54) is 0 Å². The molecule has 18 heavy (non-hydrogen) atoms. The lowest BCUT2D eigenvalue weighted by molar-refractivity contribution is 0.203. The minimum atomic E-state index is 0.261. The third-order valence-electron chi connectivity index (χ3n) is 3.32. The lowest BCUT2D eigenvalue weighted by Crippen LogP contribution is -2.35. The van der Waals surface area contributed by atoms with Gasteiger partial charge in [-0.3, -0.25) is 0 Å². The minimum absolute atomic E-state index is 0.261. The number of hydrogen-bond acceptors (Lipinski definition) is 4. The van der Waals surface area contributed by atoms with Gasteiger partial charge in [-0.15, -0.1) is 0 Å². The molecule has 2 heterocycles. The third kappa shape index (κ3) is 2.82. The molecule has 1 aliphatic heterocycles. The molecule has 1 aliphatic rings. The first-order valence-corrected chi connectivity index (χ1v) is 6.81. The molecule has 0 bridgehead atoms. The number of aromatic nitrogens is 1. The molecule has 2 N–H and O–H groups in total. The molecule has 0 aromatic carbocycles. The van der Waals surface area contributed by atoms with Crippen LogP contribution in [0, 0.1) is 5.92 Å². The molecule has 0 unspecified atom stereocenters. The zero-order valence-corrected chi connectivity index (χ0v) is 11.8. The van der Waals surface area contributed by atoms with Gasteiger partial charge in [-0.25, -0.2) is 4.98 Å². The zero-order chi connectivity index (χ0) is 13.1. The van der Waals surface area contributed by atoms with Gasteiger partial charge in [-0.2, -0.15) is 0 Å². The fourth-order valence-corrected chi connectivity index (χ4v) is 2.75. The van der Waals surface area contributed by atoms with Gasteiger partial charge in [0.25, 0.3) is 0 Å². The van der Waals surface area contributed by atoms with E-state index in [1.54, 1.807) is 13.1 Å². The molecule has 2 rings (SSSR count). The zero-order valence-electron chi connectivity index (χ0n) is 10.3. The summed E-state index contributed by atoms with van der Waals surface area (Å²) in [5.41, 5.74) is 0. The lowest BCUT2D eigenvalue weighted by atomic mass is 9.98. The highest BCUT2D eigenvalue weighted by molar-refractivity contribution is 6.37. The smallest absolute Gasteiger partial charge is 0.149 e. The number of pyridine rings is 1. The lowest BCUT2D eigenvalue weighted by Gasteiger charge is -2.32. The quantitative estimate of drug-likeness (QED) is 0.898. The molecule has 1 aromatic rings. The predicted molar refractivity (Wildman–Crippen MR) is 75.8 cm³/mol. The van der Waals surface area contributed by atoms with Crippen LogP contribution in [-0.4, -0.2) is 36.8 Å². The molecule has 0 saturated carbocycles. The second-order valence-corrected chi connectivity index (χ2v) is 5.30. The summed E-state index contributed by atoms with van der Waals surface area (Å²) >= 11 is 12.2. The monoisotopic (exact) mass is 289 g/mol. The molecule has 0 amide bonds. The standard InChI is InChI=1S/C12H17Cl2N3O/c1-15-11-9(13)6-10(14)12(16-11)17-4-2-8(7-18)3-5-17/h6,8,18H,2-5,7H2,1H3,(H,15,16). The maximum atomic E-state index is 9.13. The van der Waals surface area contributed by atoms with E-state index in [2.05, 4.69) is 15.2 Å². The van der Waals surface area contributed by atoms with Crippen molar-refractivity contribution in [2.45, 2.75) is 12.8 Å². The second kappa shape index (κ2) is 5.95. The largest absolute Gasteiger partial charge is 0.396 e. The molecule has 1 aromatic heterocycles. The first kappa shape index (κ1) is 13.7. The number of aliphatic hydroxyl groups is 1. The van der Waals surface area contributed by atoms with Gasteiger partial charge in [0.15, 0.2) is 0 Å². The van der Waals surface area contributed by atoms with Gasteiger partial charge in [0.1, 0.15) is 11.6 Å². The third-order valence-corrected chi connectivity index (χ3v) is 3.89. The van der Waals surface area contributed by atoms with Crippen LogP contribution < -0.4 is 10.2 Å². The van der Waals surface area contributed by atoms with Gasteiger partial charge in [0.05, 0.1) is 10.0 Å². The predicted octanol–water partition coefficient (Wildman–Crippen LogP) is 2.64. The summed E-state index contributed by atoms with van der Waals surface area (Å²) < 4.78 is 0. The molecule has 0 atom stereocenters. The Bertz CT molecular complexity index is 420. The van der Waals surface area contributed by atoms with Crippen LogP contribution in [-0.2, 0) is 0 Å². The average molecular weight is 290 g/mol. The SMILES string of the molecule is CNc1nc(N2CCC(CO)CC2)c(Cl)cc1Cl. The molecular formula is C12H17Cl2N3O. The van der Waals surface area contributed by atoms with Gasteiger partial charge in [-0.05, 0) is 24.8 Å². The van der Waals surface area contributed by atoms with Crippen molar-refractivity contribution in [3.8, 4) is 0 Å². The van der Waals surface area contributed by atoms with Crippen LogP contribution in [0.15, 0.2) is 6.07 Å². The van der Waals surface area contributed by atoms with Gasteiger partial charge < -0.3 is 15.3 Å². The van der Waals surface area contributed by atoms with E-state index >= 15 is 0 Å². The molecule has 4 nitrogen and oxygen atoms in total. The van der Waals surface area contributed by atoms with E-state index in [-0.39, 0.29) is 6.61 Å². The van der Waals surface area contributed by atoms with E-state index in [9.17, 15) is 0 Å². The van der Waals surface area contributed by atoms with Crippen molar-refractivity contribution in [2.75, 3.05) is 37.0 Å². The summed E-state index contributed by atoms with van der Waals surface area (Å²) in [6.07, 6.45) is 1.93. The first-order valence-electron chi connectivity index (χ1n) is 6.05. The average Bonchev–Trinajstić information content (AvgIpc) is 2.39. The van der Waals surface area contributed by atoms with Crippen LogP contribution >= 0.6 is 23.2 Å². The van der Waals surface area contributed by atoms with Crippen molar-refractivity contribution in [2.24, 2.45) is 5.92 Å². The highest BCUT2D eigenvalue weighted by atomic mass is 35.5. The number of rotatable bonds is 3. The first-order chi connectivity index (χ1) is 8.65. The molecule has 1 saturated heterocycles. The molecule has 0 spiro atoms. The summed E-state index contributed by atoms with van der Waals surface area (Å²) in [6.45, 7) is 1.99. The van der Waals surface area contributed by atoms with Crippen LogP contribution in [0.5, 0.6) is 0 Å². The Hall–Kier alpha value is -0.710. The minimum Gasteiger partial charge on any atom is -0.396 e. The van der Waals surface area contributed by atoms with Crippen molar-refractivity contribution in [1.82, 2.24) is 4.98 Å². The summed E-state index contributed by atoms with van der Waals surface area (Å²) in [7, 11) is 1.78. The number of aliphatic hydroxyl groups excluding tert-OH is 1. The highest BCUT2D eigenvalue weighted by Crippen LogP contribution is 2.33. The number of piperidine rings is 1. The van der Waals surface area contributed by atoms with E-state index in [0.29, 0.717) is 21.8 Å². The Kier molecular flexibility index (Phi) is 4.54. The second-order valence-electron chi connectivity index (χ2n) is 4.49. The Balaban J connectivity index is 2.18. The van der Waals surface area contributed by atoms with Crippen molar-refractivity contribution < 1.29 is 5.11 Å². The molecule has 0 aliphatic carbocycles. The van der Waals surface area contributed by atoms with E-state index in [4.69, 9.17) is 28.3 Å². The molecule has 1 fully saturated rings. The normalized spacial score (nSPS) is 17.0. The molecule has 100 valence electrons. The Morgan fingerprint density at radius 2 is 2.06 bits per heavy atom. The number of anilines is 2. The maximum absolute atomic E-state index is 9.13. The summed E-state index contributed by atoms with van der Waals surface area (Å²) in [4.78, 5) is 6.60. The Morgan fingerprint density at radius 1 is 1.39 bits per heavy atom. The van der Waals surface area contributed by atoms with E-state index < -0.39 is 0 Å². The van der Waals surface area contributed by atoms with Crippen LogP contribution in [0.3, 0.4) is 0 Å². The van der Waals surface area contributed by atoms with Crippen LogP contribution in [0.2, 0.25) is 10.0 Å². The molecular weight excluding hydrogens is 273 g/mol. The number of hydrogen-bond donors (Lipinski definition) is 2. The molecule has 6 heteroatoms. The van der Waals surface area contributed by atoms with Crippen molar-refractivity contribution in [1.29, 1.82) is 0 Å². The Morgan fingerprint density at radius 3 is 2.61 bits per heavy atom. The summed E-state index contributed by atoms with van der Waals surface area (Å²) in [5, 5.41) is 13.2. The van der Waals surface area contributed by atoms with Crippen LogP contribution in [0.1, 0.15) is 12.8 Å². The van der Waals surface area contributed by atoms with Crippen molar-refractivity contribution in [3.05, 3.63) is 16.1 Å². The highest BCUT2D eigenvalue weighted by Gasteiger charge is 2.22. The fraction of sp³-hybridized carbons (Fsp3) is 0.583. The van der Waals surface area contributed by atoms with Crippen molar-refractivity contribution >= 4 is 34.8 Å². The van der Waals surface area contributed by atoms with E-state index in [1.807, 2.05) is 0 Å². The fourth-order valence-electron chi connectivity index (χ4n) is 2.18. The number of halogens is 2. The Labute approximate surface area is 117 Å². The van der Waals surface area contributed by atoms with Crippen LogP contribution in [0.25, 0.3) is 0 Å². The molecule has 0 radical (unpaired) electrons. The van der Waals surface area contributed by atoms with Gasteiger partial charge >= 0.3 is 0 Å². The topological polar surface area (TPSA) is 48.4 Å². The van der Waals surface area contributed by atoms with Gasteiger partial charge in [-0.1, -0.05) is 23.2 Å². The number of nitrogens with one attached hydrogen (secondary N) is 1. The number of nitrogens with zero attached hydrogens (tertiary/aromatic N) is 2.